The van der Waals surface area contributed by atoms with E-state index in [2.05, 4.69) is 20.2 Å². The number of rotatable bonds is 5. The number of carbonyl (C=O) groups is 1. The molecule has 2 aromatic rings. The first-order valence-corrected chi connectivity index (χ1v) is 8.81. The number of hydrogen-bond donors (Lipinski definition) is 1. The summed E-state index contributed by atoms with van der Waals surface area (Å²) in [6.45, 7) is 1.94. The molecule has 0 radical (unpaired) electrons. The van der Waals surface area contributed by atoms with Gasteiger partial charge < -0.3 is 19.7 Å². The third kappa shape index (κ3) is 4.22. The Hall–Kier alpha value is -2.83. The molecule has 0 unspecified atom stereocenters. The molecule has 1 fully saturated rings. The molecule has 138 valence electrons. The van der Waals surface area contributed by atoms with Crippen LogP contribution in [0, 0.1) is 0 Å². The molecule has 0 saturated carbocycles. The molecule has 7 heteroatoms. The minimum absolute atomic E-state index is 0.264. The molecule has 0 spiro atoms. The maximum absolute atomic E-state index is 12.4. The number of nitrogens with one attached hydrogen (secondary N) is 1. The van der Waals surface area contributed by atoms with E-state index in [1.807, 2.05) is 0 Å². The van der Waals surface area contributed by atoms with E-state index in [-0.39, 0.29) is 5.91 Å². The molecule has 26 heavy (non-hydrogen) atoms. The van der Waals surface area contributed by atoms with Gasteiger partial charge in [0.05, 0.1) is 19.8 Å². The van der Waals surface area contributed by atoms with Crippen molar-refractivity contribution in [3.8, 4) is 11.5 Å². The minimum Gasteiger partial charge on any atom is -0.493 e. The van der Waals surface area contributed by atoms with E-state index in [1.54, 1.807) is 44.8 Å². The van der Waals surface area contributed by atoms with Crippen molar-refractivity contribution in [3.63, 3.8) is 0 Å². The number of anilines is 2. The van der Waals surface area contributed by atoms with E-state index in [4.69, 9.17) is 9.47 Å². The van der Waals surface area contributed by atoms with Crippen molar-refractivity contribution < 1.29 is 14.3 Å². The first-order chi connectivity index (χ1) is 12.7. The summed E-state index contributed by atoms with van der Waals surface area (Å²) in [5.74, 6) is 1.59. The van der Waals surface area contributed by atoms with Crippen molar-refractivity contribution in [2.75, 3.05) is 37.5 Å². The Morgan fingerprint density at radius 1 is 1.00 bits per heavy atom. The molecule has 1 aliphatic rings. The van der Waals surface area contributed by atoms with E-state index in [0.29, 0.717) is 28.7 Å². The lowest BCUT2D eigenvalue weighted by Gasteiger charge is -2.19. The van der Waals surface area contributed by atoms with Crippen LogP contribution in [0.15, 0.2) is 30.6 Å². The summed E-state index contributed by atoms with van der Waals surface area (Å²) in [6.07, 6.45) is 7.97. The number of benzene rings is 1. The van der Waals surface area contributed by atoms with Crippen LogP contribution in [0.2, 0.25) is 0 Å². The Morgan fingerprint density at radius 3 is 2.27 bits per heavy atom. The van der Waals surface area contributed by atoms with E-state index in [9.17, 15) is 4.79 Å². The van der Waals surface area contributed by atoms with Gasteiger partial charge in [-0.2, -0.15) is 0 Å². The molecule has 1 aromatic carbocycles. The lowest BCUT2D eigenvalue weighted by molar-refractivity contribution is 0.102. The van der Waals surface area contributed by atoms with Crippen LogP contribution < -0.4 is 19.7 Å². The van der Waals surface area contributed by atoms with Gasteiger partial charge in [0, 0.05) is 37.2 Å². The number of nitrogens with zero attached hydrogens (tertiary/aromatic N) is 3. The molecule has 1 aliphatic heterocycles. The fourth-order valence-corrected chi connectivity index (χ4v) is 2.99. The van der Waals surface area contributed by atoms with Crippen molar-refractivity contribution in [1.29, 1.82) is 0 Å². The average Bonchev–Trinajstić information content (AvgIpc) is 2.97. The number of methoxy groups -OCH3 is 2. The Labute approximate surface area is 153 Å². The fraction of sp³-hybridized carbons (Fsp3) is 0.421. The zero-order chi connectivity index (χ0) is 18.4. The highest BCUT2D eigenvalue weighted by Gasteiger charge is 2.14. The van der Waals surface area contributed by atoms with Crippen LogP contribution in [0.3, 0.4) is 0 Å². The minimum atomic E-state index is -0.264. The van der Waals surface area contributed by atoms with Crippen molar-refractivity contribution in [2.45, 2.75) is 25.7 Å². The van der Waals surface area contributed by atoms with Gasteiger partial charge in [0.25, 0.3) is 5.91 Å². The van der Waals surface area contributed by atoms with E-state index in [1.165, 1.54) is 12.8 Å². The van der Waals surface area contributed by atoms with Gasteiger partial charge in [0.2, 0.25) is 5.95 Å². The summed E-state index contributed by atoms with van der Waals surface area (Å²) < 4.78 is 10.4. The zero-order valence-electron chi connectivity index (χ0n) is 15.2. The van der Waals surface area contributed by atoms with Gasteiger partial charge in [-0.25, -0.2) is 9.97 Å². The molecule has 0 aliphatic carbocycles. The third-order valence-corrected chi connectivity index (χ3v) is 4.43. The number of ether oxygens (including phenoxy) is 2. The predicted octanol–water partition coefficient (Wildman–Crippen LogP) is 3.13. The van der Waals surface area contributed by atoms with Gasteiger partial charge in [0.15, 0.2) is 11.5 Å². The third-order valence-electron chi connectivity index (χ3n) is 4.43. The maximum Gasteiger partial charge on any atom is 0.258 e. The van der Waals surface area contributed by atoms with E-state index < -0.39 is 0 Å². The lowest BCUT2D eigenvalue weighted by atomic mass is 10.2. The van der Waals surface area contributed by atoms with Crippen molar-refractivity contribution in [3.05, 3.63) is 36.2 Å². The van der Waals surface area contributed by atoms with E-state index >= 15 is 0 Å². The summed E-state index contributed by atoms with van der Waals surface area (Å²) in [6, 6.07) is 5.21. The highest BCUT2D eigenvalue weighted by molar-refractivity contribution is 6.04. The number of amides is 1. The van der Waals surface area contributed by atoms with Gasteiger partial charge in [-0.3, -0.25) is 4.79 Å². The maximum atomic E-state index is 12.4. The SMILES string of the molecule is COc1ccc(NC(=O)c2cnc(N3CCCCCC3)nc2)cc1OC. The summed E-state index contributed by atoms with van der Waals surface area (Å²) in [7, 11) is 3.12. The Bertz CT molecular complexity index is 741. The molecule has 0 atom stereocenters. The lowest BCUT2D eigenvalue weighted by Crippen LogP contribution is -2.26. The molecule has 0 bridgehead atoms. The molecule has 2 heterocycles. The second kappa shape index (κ2) is 8.51. The van der Waals surface area contributed by atoms with Gasteiger partial charge >= 0.3 is 0 Å². The second-order valence-corrected chi connectivity index (χ2v) is 6.20. The first-order valence-electron chi connectivity index (χ1n) is 8.81. The topological polar surface area (TPSA) is 76.6 Å². The molecule has 1 N–H and O–H groups in total. The van der Waals surface area contributed by atoms with E-state index in [0.717, 1.165) is 25.9 Å². The van der Waals surface area contributed by atoms with Crippen LogP contribution in [0.4, 0.5) is 11.6 Å². The van der Waals surface area contributed by atoms with Crippen molar-refractivity contribution >= 4 is 17.5 Å². The Morgan fingerprint density at radius 2 is 1.65 bits per heavy atom. The zero-order valence-corrected chi connectivity index (χ0v) is 15.2. The standard InChI is InChI=1S/C19H24N4O3/c1-25-16-8-7-15(11-17(16)26-2)22-18(24)14-12-20-19(21-13-14)23-9-5-3-4-6-10-23/h7-8,11-13H,3-6,9-10H2,1-2H3,(H,22,24). The summed E-state index contributed by atoms with van der Waals surface area (Å²) in [5.41, 5.74) is 1.03. The van der Waals surface area contributed by atoms with Gasteiger partial charge in [-0.1, -0.05) is 12.8 Å². The molecule has 1 saturated heterocycles. The van der Waals surface area contributed by atoms with Crippen LogP contribution in [-0.2, 0) is 0 Å². The smallest absolute Gasteiger partial charge is 0.258 e. The highest BCUT2D eigenvalue weighted by atomic mass is 16.5. The molecular formula is C19H24N4O3. The van der Waals surface area contributed by atoms with Crippen molar-refractivity contribution in [1.82, 2.24) is 9.97 Å². The molecular weight excluding hydrogens is 332 g/mol. The van der Waals surface area contributed by atoms with Gasteiger partial charge in [-0.15, -0.1) is 0 Å². The van der Waals surface area contributed by atoms with Crippen LogP contribution in [0.25, 0.3) is 0 Å². The van der Waals surface area contributed by atoms with Crippen LogP contribution in [-0.4, -0.2) is 43.2 Å². The van der Waals surface area contributed by atoms with Crippen LogP contribution in [0.5, 0.6) is 11.5 Å². The Kier molecular flexibility index (Phi) is 5.88. The second-order valence-electron chi connectivity index (χ2n) is 6.20. The number of hydrogen-bond acceptors (Lipinski definition) is 6. The predicted molar refractivity (Wildman–Crippen MR) is 100 cm³/mol. The van der Waals surface area contributed by atoms with Crippen molar-refractivity contribution in [2.24, 2.45) is 0 Å². The van der Waals surface area contributed by atoms with Gasteiger partial charge in [-0.05, 0) is 25.0 Å². The highest BCUT2D eigenvalue weighted by Crippen LogP contribution is 2.29. The average molecular weight is 356 g/mol. The summed E-state index contributed by atoms with van der Waals surface area (Å²) in [4.78, 5) is 23.4. The summed E-state index contributed by atoms with van der Waals surface area (Å²) in [5, 5.41) is 2.83. The first kappa shape index (κ1) is 18.0. The van der Waals surface area contributed by atoms with Crippen LogP contribution >= 0.6 is 0 Å². The molecule has 1 aromatic heterocycles. The quantitative estimate of drug-likeness (QED) is 0.887. The molecule has 1 amide bonds. The normalized spacial score (nSPS) is 14.5. The monoisotopic (exact) mass is 356 g/mol. The number of aromatic nitrogens is 2. The number of carbonyl (C=O) groups excluding carboxylic acids is 1. The Balaban J connectivity index is 1.68. The van der Waals surface area contributed by atoms with Crippen LogP contribution in [0.1, 0.15) is 36.0 Å². The summed E-state index contributed by atoms with van der Waals surface area (Å²) >= 11 is 0. The molecule has 3 rings (SSSR count). The largest absolute Gasteiger partial charge is 0.493 e. The van der Waals surface area contributed by atoms with Gasteiger partial charge in [0.1, 0.15) is 0 Å². The fourth-order valence-electron chi connectivity index (χ4n) is 2.99. The molecule has 7 nitrogen and oxygen atoms in total.